The number of aryl methyl sites for hydroxylation is 1. The fourth-order valence-electron chi connectivity index (χ4n) is 2.04. The molecule has 1 fully saturated rings. The topological polar surface area (TPSA) is 46.3 Å². The molecule has 1 unspecified atom stereocenters. The van der Waals surface area contributed by atoms with Crippen molar-refractivity contribution in [2.75, 3.05) is 13.1 Å². The first-order valence-electron chi connectivity index (χ1n) is 5.30. The maximum absolute atomic E-state index is 12.1. The number of halogens is 1. The third-order valence-corrected chi connectivity index (χ3v) is 3.85. The van der Waals surface area contributed by atoms with Gasteiger partial charge in [0, 0.05) is 24.0 Å². The molecule has 2 rings (SSSR count). The molecule has 1 aromatic rings. The molecule has 1 saturated heterocycles. The SMILES string of the molecule is Cc1ccc(C(=O)N2CCCC2CN)s1.Cl. The van der Waals surface area contributed by atoms with E-state index in [9.17, 15) is 4.79 Å². The van der Waals surface area contributed by atoms with E-state index in [2.05, 4.69) is 0 Å². The zero-order valence-electron chi connectivity index (χ0n) is 9.31. The predicted molar refractivity (Wildman–Crippen MR) is 69.4 cm³/mol. The summed E-state index contributed by atoms with van der Waals surface area (Å²) in [6.45, 7) is 3.46. The Morgan fingerprint density at radius 1 is 1.62 bits per heavy atom. The molecule has 3 nitrogen and oxygen atoms in total. The second-order valence-corrected chi connectivity index (χ2v) is 5.23. The Balaban J connectivity index is 0.00000128. The standard InChI is InChI=1S/C11H16N2OS.ClH/c1-8-4-5-10(15-8)11(14)13-6-2-3-9(13)7-12;/h4-5,9H,2-3,6-7,12H2,1H3;1H. The largest absolute Gasteiger partial charge is 0.334 e. The number of hydrogen-bond donors (Lipinski definition) is 1. The number of carbonyl (C=O) groups excluding carboxylic acids is 1. The molecule has 0 aliphatic carbocycles. The van der Waals surface area contributed by atoms with Crippen LogP contribution in [0.3, 0.4) is 0 Å². The van der Waals surface area contributed by atoms with Crippen LogP contribution in [0.25, 0.3) is 0 Å². The van der Waals surface area contributed by atoms with Crippen molar-refractivity contribution in [3.63, 3.8) is 0 Å². The average molecular weight is 261 g/mol. The van der Waals surface area contributed by atoms with Crippen molar-refractivity contribution in [1.82, 2.24) is 4.90 Å². The van der Waals surface area contributed by atoms with Crippen LogP contribution >= 0.6 is 23.7 Å². The van der Waals surface area contributed by atoms with Gasteiger partial charge in [-0.05, 0) is 31.9 Å². The molecule has 16 heavy (non-hydrogen) atoms. The number of likely N-dealkylation sites (tertiary alicyclic amines) is 1. The summed E-state index contributed by atoms with van der Waals surface area (Å²) in [5.74, 6) is 0.154. The molecule has 0 aromatic carbocycles. The smallest absolute Gasteiger partial charge is 0.264 e. The lowest BCUT2D eigenvalue weighted by atomic mass is 10.2. The summed E-state index contributed by atoms with van der Waals surface area (Å²) in [6, 6.07) is 4.15. The van der Waals surface area contributed by atoms with E-state index in [-0.39, 0.29) is 24.4 Å². The van der Waals surface area contributed by atoms with E-state index in [0.717, 1.165) is 24.3 Å². The summed E-state index contributed by atoms with van der Waals surface area (Å²) in [7, 11) is 0. The van der Waals surface area contributed by atoms with Crippen LogP contribution < -0.4 is 5.73 Å². The maximum Gasteiger partial charge on any atom is 0.264 e. The minimum Gasteiger partial charge on any atom is -0.334 e. The van der Waals surface area contributed by atoms with Crippen molar-refractivity contribution in [3.8, 4) is 0 Å². The number of rotatable bonds is 2. The first kappa shape index (κ1) is 13.5. The first-order valence-corrected chi connectivity index (χ1v) is 6.11. The van der Waals surface area contributed by atoms with E-state index < -0.39 is 0 Å². The number of carbonyl (C=O) groups is 1. The summed E-state index contributed by atoms with van der Waals surface area (Å²) in [5.41, 5.74) is 5.65. The third kappa shape index (κ3) is 2.56. The molecule has 0 saturated carbocycles. The van der Waals surface area contributed by atoms with Crippen molar-refractivity contribution < 1.29 is 4.79 Å². The average Bonchev–Trinajstić information content (AvgIpc) is 2.84. The van der Waals surface area contributed by atoms with Crippen molar-refractivity contribution in [1.29, 1.82) is 0 Å². The van der Waals surface area contributed by atoms with Crippen LogP contribution in [0, 0.1) is 6.92 Å². The van der Waals surface area contributed by atoms with Crippen molar-refractivity contribution >= 4 is 29.7 Å². The van der Waals surface area contributed by atoms with Gasteiger partial charge in [0.1, 0.15) is 0 Å². The molecule has 2 N–H and O–H groups in total. The Morgan fingerprint density at radius 2 is 2.38 bits per heavy atom. The summed E-state index contributed by atoms with van der Waals surface area (Å²) in [6.07, 6.45) is 2.13. The van der Waals surface area contributed by atoms with E-state index in [1.54, 1.807) is 11.3 Å². The third-order valence-electron chi connectivity index (χ3n) is 2.86. The number of amides is 1. The van der Waals surface area contributed by atoms with Crippen LogP contribution in [0.4, 0.5) is 0 Å². The van der Waals surface area contributed by atoms with E-state index in [1.165, 1.54) is 4.88 Å². The van der Waals surface area contributed by atoms with E-state index in [4.69, 9.17) is 5.73 Å². The van der Waals surface area contributed by atoms with E-state index in [1.807, 2.05) is 24.0 Å². The zero-order chi connectivity index (χ0) is 10.8. The molecule has 0 spiro atoms. The molecular weight excluding hydrogens is 244 g/mol. The second kappa shape index (κ2) is 5.66. The summed E-state index contributed by atoms with van der Waals surface area (Å²) in [5, 5.41) is 0. The van der Waals surface area contributed by atoms with Gasteiger partial charge < -0.3 is 10.6 Å². The predicted octanol–water partition coefficient (Wildman–Crippen LogP) is 2.04. The minimum atomic E-state index is 0. The van der Waals surface area contributed by atoms with Crippen LogP contribution in [0.15, 0.2) is 12.1 Å². The second-order valence-electron chi connectivity index (χ2n) is 3.94. The minimum absolute atomic E-state index is 0. The lowest BCUT2D eigenvalue weighted by Crippen LogP contribution is -2.39. The molecule has 5 heteroatoms. The number of hydrogen-bond acceptors (Lipinski definition) is 3. The molecule has 1 aliphatic heterocycles. The fourth-order valence-corrected chi connectivity index (χ4v) is 2.86. The quantitative estimate of drug-likeness (QED) is 0.885. The van der Waals surface area contributed by atoms with Gasteiger partial charge in [-0.3, -0.25) is 4.79 Å². The van der Waals surface area contributed by atoms with Crippen molar-refractivity contribution in [2.45, 2.75) is 25.8 Å². The molecule has 1 aromatic heterocycles. The Bertz CT molecular complexity index is 367. The lowest BCUT2D eigenvalue weighted by Gasteiger charge is -2.22. The van der Waals surface area contributed by atoms with Gasteiger partial charge in [-0.1, -0.05) is 0 Å². The van der Waals surface area contributed by atoms with Gasteiger partial charge in [0.25, 0.3) is 5.91 Å². The van der Waals surface area contributed by atoms with E-state index in [0.29, 0.717) is 6.54 Å². The van der Waals surface area contributed by atoms with Gasteiger partial charge in [-0.2, -0.15) is 0 Å². The van der Waals surface area contributed by atoms with Gasteiger partial charge >= 0.3 is 0 Å². The maximum atomic E-state index is 12.1. The van der Waals surface area contributed by atoms with Crippen LogP contribution in [0.5, 0.6) is 0 Å². The molecule has 90 valence electrons. The Labute approximate surface area is 106 Å². The monoisotopic (exact) mass is 260 g/mol. The molecular formula is C11H17ClN2OS. The summed E-state index contributed by atoms with van der Waals surface area (Å²) >= 11 is 1.56. The molecule has 1 atom stereocenters. The van der Waals surface area contributed by atoms with Gasteiger partial charge in [-0.15, -0.1) is 23.7 Å². The number of nitrogens with two attached hydrogens (primary N) is 1. The normalized spacial score (nSPS) is 19.6. The van der Waals surface area contributed by atoms with Crippen molar-refractivity contribution in [3.05, 3.63) is 21.9 Å². The number of thiophene rings is 1. The van der Waals surface area contributed by atoms with Crippen LogP contribution in [-0.4, -0.2) is 29.9 Å². The Kier molecular flexibility index (Phi) is 4.77. The van der Waals surface area contributed by atoms with Crippen LogP contribution in [0.2, 0.25) is 0 Å². The van der Waals surface area contributed by atoms with E-state index >= 15 is 0 Å². The molecule has 0 bridgehead atoms. The highest BCUT2D eigenvalue weighted by atomic mass is 35.5. The molecule has 1 aliphatic rings. The van der Waals surface area contributed by atoms with Crippen molar-refractivity contribution in [2.24, 2.45) is 5.73 Å². The Morgan fingerprint density at radius 3 is 2.94 bits per heavy atom. The van der Waals surface area contributed by atoms with Gasteiger partial charge in [0.2, 0.25) is 0 Å². The number of nitrogens with zero attached hydrogens (tertiary/aromatic N) is 1. The first-order chi connectivity index (χ1) is 7.22. The Hall–Kier alpha value is -0.580. The highest BCUT2D eigenvalue weighted by Crippen LogP contribution is 2.23. The zero-order valence-corrected chi connectivity index (χ0v) is 10.9. The van der Waals surface area contributed by atoms with Gasteiger partial charge in [-0.25, -0.2) is 0 Å². The molecule has 2 heterocycles. The summed E-state index contributed by atoms with van der Waals surface area (Å²) < 4.78 is 0. The van der Waals surface area contributed by atoms with Gasteiger partial charge in [0.05, 0.1) is 4.88 Å². The van der Waals surface area contributed by atoms with Gasteiger partial charge in [0.15, 0.2) is 0 Å². The summed E-state index contributed by atoms with van der Waals surface area (Å²) in [4.78, 5) is 16.1. The molecule has 1 amide bonds. The highest BCUT2D eigenvalue weighted by Gasteiger charge is 2.28. The van der Waals surface area contributed by atoms with Crippen LogP contribution in [0.1, 0.15) is 27.4 Å². The molecule has 0 radical (unpaired) electrons. The van der Waals surface area contributed by atoms with Crippen LogP contribution in [-0.2, 0) is 0 Å². The highest BCUT2D eigenvalue weighted by molar-refractivity contribution is 7.13. The lowest BCUT2D eigenvalue weighted by molar-refractivity contribution is 0.0746. The fraction of sp³-hybridized carbons (Fsp3) is 0.545.